The van der Waals surface area contributed by atoms with E-state index in [2.05, 4.69) is 22.3 Å². The van der Waals surface area contributed by atoms with Crippen molar-refractivity contribution in [3.05, 3.63) is 65.7 Å². The highest BCUT2D eigenvalue weighted by Gasteiger charge is 2.27. The fraction of sp³-hybridized carbons (Fsp3) is 0.381. The van der Waals surface area contributed by atoms with E-state index in [-0.39, 0.29) is 5.91 Å². The Bertz CT molecular complexity index is 670. The summed E-state index contributed by atoms with van der Waals surface area (Å²) in [5.74, 6) is 0.984. The largest absolute Gasteiger partial charge is 0.494 e. The Morgan fingerprint density at radius 2 is 1.92 bits per heavy atom. The third-order valence-corrected chi connectivity index (χ3v) is 4.62. The summed E-state index contributed by atoms with van der Waals surface area (Å²) < 4.78 is 5.51. The zero-order valence-corrected chi connectivity index (χ0v) is 14.8. The van der Waals surface area contributed by atoms with Crippen LogP contribution in [0.15, 0.2) is 54.6 Å². The Balaban J connectivity index is 1.55. The predicted octanol–water partition coefficient (Wildman–Crippen LogP) is 3.54. The summed E-state index contributed by atoms with van der Waals surface area (Å²) >= 11 is 0. The van der Waals surface area contributed by atoms with Gasteiger partial charge in [0.25, 0.3) is 0 Å². The van der Waals surface area contributed by atoms with Gasteiger partial charge in [-0.05, 0) is 49.6 Å². The Morgan fingerprint density at radius 1 is 1.16 bits per heavy atom. The number of nitrogens with zero attached hydrogens (tertiary/aromatic N) is 1. The van der Waals surface area contributed by atoms with Crippen molar-refractivity contribution >= 4 is 5.91 Å². The van der Waals surface area contributed by atoms with Gasteiger partial charge in [-0.3, -0.25) is 9.69 Å². The topological polar surface area (TPSA) is 41.6 Å². The summed E-state index contributed by atoms with van der Waals surface area (Å²) in [4.78, 5) is 14.6. The number of likely N-dealkylation sites (tertiary alicyclic amines) is 1. The van der Waals surface area contributed by atoms with E-state index in [1.54, 1.807) is 0 Å². The number of carbonyl (C=O) groups excluding carboxylic acids is 1. The Hall–Kier alpha value is -2.33. The molecule has 1 amide bonds. The number of hydrogen-bond donors (Lipinski definition) is 1. The molecule has 1 aliphatic rings. The minimum absolute atomic E-state index is 0.0849. The Kier molecular flexibility index (Phi) is 6.07. The van der Waals surface area contributed by atoms with Crippen LogP contribution in [0.25, 0.3) is 0 Å². The molecule has 0 radical (unpaired) electrons. The molecular formula is C21H26N2O2. The van der Waals surface area contributed by atoms with E-state index >= 15 is 0 Å². The fourth-order valence-corrected chi connectivity index (χ4v) is 3.38. The van der Waals surface area contributed by atoms with E-state index in [1.165, 1.54) is 5.56 Å². The van der Waals surface area contributed by atoms with E-state index < -0.39 is 0 Å². The molecule has 2 aromatic carbocycles. The molecule has 0 unspecified atom stereocenters. The molecular weight excluding hydrogens is 312 g/mol. The predicted molar refractivity (Wildman–Crippen MR) is 99.4 cm³/mol. The fourth-order valence-electron chi connectivity index (χ4n) is 3.38. The summed E-state index contributed by atoms with van der Waals surface area (Å²) in [6.07, 6.45) is 2.23. The number of nitrogens with one attached hydrogen (secondary N) is 1. The second-order valence-corrected chi connectivity index (χ2v) is 6.39. The van der Waals surface area contributed by atoms with Crippen molar-refractivity contribution in [3.63, 3.8) is 0 Å². The van der Waals surface area contributed by atoms with Crippen molar-refractivity contribution in [2.24, 2.45) is 0 Å². The van der Waals surface area contributed by atoms with Gasteiger partial charge in [-0.2, -0.15) is 0 Å². The van der Waals surface area contributed by atoms with Crippen LogP contribution in [0.2, 0.25) is 0 Å². The van der Waals surface area contributed by atoms with E-state index in [4.69, 9.17) is 4.74 Å². The molecule has 1 heterocycles. The number of amides is 1. The molecule has 0 aliphatic carbocycles. The van der Waals surface area contributed by atoms with E-state index in [1.807, 2.05) is 49.4 Å². The van der Waals surface area contributed by atoms with Crippen LogP contribution in [0, 0.1) is 0 Å². The normalized spacial score (nSPS) is 17.4. The lowest BCUT2D eigenvalue weighted by Crippen LogP contribution is -2.36. The summed E-state index contributed by atoms with van der Waals surface area (Å²) in [6, 6.07) is 18.6. The average Bonchev–Trinajstić information content (AvgIpc) is 3.10. The van der Waals surface area contributed by atoms with Crippen molar-refractivity contribution in [2.45, 2.75) is 32.4 Å². The van der Waals surface area contributed by atoms with Crippen LogP contribution in [-0.2, 0) is 11.3 Å². The van der Waals surface area contributed by atoms with Crippen LogP contribution in [-0.4, -0.2) is 30.5 Å². The highest BCUT2D eigenvalue weighted by atomic mass is 16.5. The lowest BCUT2D eigenvalue weighted by atomic mass is 10.0. The first-order valence-electron chi connectivity index (χ1n) is 9.03. The van der Waals surface area contributed by atoms with Gasteiger partial charge in [-0.15, -0.1) is 0 Å². The average molecular weight is 338 g/mol. The third-order valence-electron chi connectivity index (χ3n) is 4.62. The first-order chi connectivity index (χ1) is 12.3. The lowest BCUT2D eigenvalue weighted by molar-refractivity contribution is -0.122. The molecule has 25 heavy (non-hydrogen) atoms. The quantitative estimate of drug-likeness (QED) is 0.839. The summed E-state index contributed by atoms with van der Waals surface area (Å²) in [7, 11) is 0. The molecule has 0 saturated carbocycles. The van der Waals surface area contributed by atoms with Crippen molar-refractivity contribution in [1.29, 1.82) is 0 Å². The van der Waals surface area contributed by atoms with Gasteiger partial charge in [0.2, 0.25) is 5.91 Å². The maximum atomic E-state index is 12.3. The first-order valence-corrected chi connectivity index (χ1v) is 9.03. The summed E-state index contributed by atoms with van der Waals surface area (Å²) in [6.45, 7) is 4.67. The molecule has 1 aliphatic heterocycles. The standard InChI is InChI=1S/C21H26N2O2/c1-2-25-19-12-10-18(11-13-19)20-9-6-14-23(20)16-21(24)22-15-17-7-4-3-5-8-17/h3-5,7-8,10-13,20H,2,6,9,14-16H2,1H3,(H,22,24)/t20-/m0/s1. The van der Waals surface area contributed by atoms with Crippen LogP contribution in [0.5, 0.6) is 5.75 Å². The molecule has 4 heteroatoms. The molecule has 1 atom stereocenters. The first kappa shape index (κ1) is 17.5. The van der Waals surface area contributed by atoms with Crippen molar-refractivity contribution in [3.8, 4) is 5.75 Å². The number of carbonyl (C=O) groups is 1. The summed E-state index contributed by atoms with van der Waals surface area (Å²) in [5.41, 5.74) is 2.39. The van der Waals surface area contributed by atoms with Crippen LogP contribution in [0.3, 0.4) is 0 Å². The third kappa shape index (κ3) is 4.83. The molecule has 0 spiro atoms. The molecule has 3 rings (SSSR count). The van der Waals surface area contributed by atoms with Gasteiger partial charge in [0.05, 0.1) is 13.2 Å². The maximum Gasteiger partial charge on any atom is 0.234 e. The number of ether oxygens (including phenoxy) is 1. The lowest BCUT2D eigenvalue weighted by Gasteiger charge is -2.24. The Morgan fingerprint density at radius 3 is 2.64 bits per heavy atom. The zero-order valence-electron chi connectivity index (χ0n) is 14.8. The van der Waals surface area contributed by atoms with Crippen molar-refractivity contribution < 1.29 is 9.53 Å². The van der Waals surface area contributed by atoms with E-state index in [9.17, 15) is 4.79 Å². The number of hydrogen-bond acceptors (Lipinski definition) is 3. The van der Waals surface area contributed by atoms with Gasteiger partial charge in [0.1, 0.15) is 5.75 Å². The van der Waals surface area contributed by atoms with Crippen LogP contribution < -0.4 is 10.1 Å². The second kappa shape index (κ2) is 8.67. The van der Waals surface area contributed by atoms with Gasteiger partial charge in [0.15, 0.2) is 0 Å². The minimum atomic E-state index is 0.0849. The van der Waals surface area contributed by atoms with Crippen LogP contribution in [0.4, 0.5) is 0 Å². The molecule has 1 N–H and O–H groups in total. The zero-order chi connectivity index (χ0) is 17.5. The van der Waals surface area contributed by atoms with Crippen LogP contribution in [0.1, 0.15) is 36.9 Å². The van der Waals surface area contributed by atoms with Gasteiger partial charge in [-0.1, -0.05) is 42.5 Å². The minimum Gasteiger partial charge on any atom is -0.494 e. The maximum absolute atomic E-state index is 12.3. The monoisotopic (exact) mass is 338 g/mol. The van der Waals surface area contributed by atoms with Crippen molar-refractivity contribution in [1.82, 2.24) is 10.2 Å². The summed E-state index contributed by atoms with van der Waals surface area (Å²) in [5, 5.41) is 3.02. The number of benzene rings is 2. The van der Waals surface area contributed by atoms with Crippen LogP contribution >= 0.6 is 0 Å². The molecule has 2 aromatic rings. The highest BCUT2D eigenvalue weighted by Crippen LogP contribution is 2.32. The van der Waals surface area contributed by atoms with Gasteiger partial charge >= 0.3 is 0 Å². The second-order valence-electron chi connectivity index (χ2n) is 6.39. The SMILES string of the molecule is CCOc1ccc([C@@H]2CCCN2CC(=O)NCc2ccccc2)cc1. The molecule has 132 valence electrons. The van der Waals surface area contributed by atoms with Gasteiger partial charge in [0, 0.05) is 12.6 Å². The molecule has 1 fully saturated rings. The van der Waals surface area contributed by atoms with E-state index in [0.717, 1.165) is 30.7 Å². The van der Waals surface area contributed by atoms with Crippen molar-refractivity contribution in [2.75, 3.05) is 19.7 Å². The molecule has 0 bridgehead atoms. The van der Waals surface area contributed by atoms with Gasteiger partial charge in [-0.25, -0.2) is 0 Å². The van der Waals surface area contributed by atoms with Gasteiger partial charge < -0.3 is 10.1 Å². The molecule has 0 aromatic heterocycles. The Labute approximate surface area is 149 Å². The smallest absolute Gasteiger partial charge is 0.234 e. The van der Waals surface area contributed by atoms with E-state index in [0.29, 0.717) is 25.7 Å². The molecule has 1 saturated heterocycles. The molecule has 4 nitrogen and oxygen atoms in total. The highest BCUT2D eigenvalue weighted by molar-refractivity contribution is 5.78. The number of rotatable bonds is 7.